The molecule has 0 radical (unpaired) electrons. The van der Waals surface area contributed by atoms with Gasteiger partial charge in [-0.3, -0.25) is 0 Å². The molecule has 1 aromatic carbocycles. The minimum atomic E-state index is 0.402. The number of aromatic nitrogens is 6. The number of tetrazole rings is 1. The van der Waals surface area contributed by atoms with Gasteiger partial charge in [-0.25, -0.2) is 9.97 Å². The van der Waals surface area contributed by atoms with Crippen molar-refractivity contribution in [3.8, 4) is 23.0 Å². The summed E-state index contributed by atoms with van der Waals surface area (Å²) in [6.45, 7) is 0. The summed E-state index contributed by atoms with van der Waals surface area (Å²) in [4.78, 5) is 8.39. The van der Waals surface area contributed by atoms with Crippen LogP contribution in [0.15, 0.2) is 18.5 Å². The van der Waals surface area contributed by atoms with Crippen molar-refractivity contribution in [2.75, 3.05) is 14.2 Å². The molecule has 0 fully saturated rings. The number of H-pyrrole nitrogens is 1. The van der Waals surface area contributed by atoms with E-state index in [-0.39, 0.29) is 0 Å². The number of benzene rings is 1. The molecule has 1 N–H and O–H groups in total. The first-order chi connectivity index (χ1) is 9.33. The first-order valence-corrected chi connectivity index (χ1v) is 5.44. The van der Waals surface area contributed by atoms with Crippen LogP contribution >= 0.6 is 0 Å². The Hall–Kier alpha value is -2.77. The van der Waals surface area contributed by atoms with Crippen LogP contribution in [0.3, 0.4) is 0 Å². The smallest absolute Gasteiger partial charge is 0.223 e. The second kappa shape index (κ2) is 4.48. The highest BCUT2D eigenvalue weighted by Gasteiger charge is 2.14. The Bertz CT molecular complexity index is 713. The Morgan fingerprint density at radius 2 is 1.84 bits per heavy atom. The van der Waals surface area contributed by atoms with Gasteiger partial charge in [0.1, 0.15) is 12.0 Å². The van der Waals surface area contributed by atoms with Gasteiger partial charge in [0.05, 0.1) is 19.7 Å². The van der Waals surface area contributed by atoms with Gasteiger partial charge in [0, 0.05) is 11.5 Å². The molecule has 0 saturated carbocycles. The zero-order valence-corrected chi connectivity index (χ0v) is 10.3. The van der Waals surface area contributed by atoms with Crippen molar-refractivity contribution in [1.82, 2.24) is 30.6 Å². The zero-order valence-electron chi connectivity index (χ0n) is 10.3. The number of fused-ring (bicyclic) bond motifs is 1. The number of hydrogen-bond acceptors (Lipinski definition) is 7. The number of ether oxygens (including phenoxy) is 2. The number of nitrogens with one attached hydrogen (secondary N) is 1. The Morgan fingerprint density at radius 3 is 2.53 bits per heavy atom. The lowest BCUT2D eigenvalue weighted by Gasteiger charge is -2.09. The number of hydrogen-bond donors (Lipinski definition) is 1. The minimum absolute atomic E-state index is 0.402. The van der Waals surface area contributed by atoms with Gasteiger partial charge < -0.3 is 9.47 Å². The quantitative estimate of drug-likeness (QED) is 0.742. The molecule has 0 atom stereocenters. The van der Waals surface area contributed by atoms with Crippen molar-refractivity contribution >= 4 is 10.9 Å². The molecule has 0 amide bonds. The summed E-state index contributed by atoms with van der Waals surface area (Å²) in [5.41, 5.74) is 1.30. The molecule has 0 aliphatic carbocycles. The largest absolute Gasteiger partial charge is 0.493 e. The third-order valence-electron chi connectivity index (χ3n) is 2.70. The van der Waals surface area contributed by atoms with Crippen LogP contribution in [0, 0.1) is 0 Å². The second-order valence-electron chi connectivity index (χ2n) is 3.68. The molecule has 3 rings (SSSR count). The summed E-state index contributed by atoms with van der Waals surface area (Å²) in [5.74, 6) is 1.60. The summed E-state index contributed by atoms with van der Waals surface area (Å²) in [6.07, 6.45) is 1.44. The Kier molecular flexibility index (Phi) is 2.67. The maximum atomic E-state index is 5.27. The van der Waals surface area contributed by atoms with Crippen LogP contribution in [-0.4, -0.2) is 44.8 Å². The molecule has 0 unspecified atom stereocenters. The van der Waals surface area contributed by atoms with Crippen LogP contribution in [0.4, 0.5) is 0 Å². The van der Waals surface area contributed by atoms with E-state index in [2.05, 4.69) is 30.6 Å². The van der Waals surface area contributed by atoms with E-state index >= 15 is 0 Å². The molecule has 0 saturated heterocycles. The highest BCUT2D eigenvalue weighted by atomic mass is 16.5. The molecule has 8 heteroatoms. The third-order valence-corrected chi connectivity index (χ3v) is 2.70. The summed E-state index contributed by atoms with van der Waals surface area (Å²) in [6, 6.07) is 3.57. The van der Waals surface area contributed by atoms with Crippen molar-refractivity contribution < 1.29 is 9.47 Å². The molecule has 19 heavy (non-hydrogen) atoms. The van der Waals surface area contributed by atoms with E-state index in [1.165, 1.54) is 6.33 Å². The van der Waals surface area contributed by atoms with Gasteiger partial charge >= 0.3 is 0 Å². The monoisotopic (exact) mass is 258 g/mol. The van der Waals surface area contributed by atoms with Crippen molar-refractivity contribution in [3.05, 3.63) is 18.5 Å². The van der Waals surface area contributed by atoms with Gasteiger partial charge in [-0.15, -0.1) is 10.2 Å². The highest BCUT2D eigenvalue weighted by Crippen LogP contribution is 2.33. The second-order valence-corrected chi connectivity index (χ2v) is 3.68. The molecular weight excluding hydrogens is 248 g/mol. The fourth-order valence-electron chi connectivity index (χ4n) is 1.82. The average molecular weight is 258 g/mol. The van der Waals surface area contributed by atoms with Crippen molar-refractivity contribution in [2.45, 2.75) is 0 Å². The molecule has 0 spiro atoms. The first-order valence-electron chi connectivity index (χ1n) is 5.44. The molecular formula is C11H10N6O2. The average Bonchev–Trinajstić information content (AvgIpc) is 2.99. The van der Waals surface area contributed by atoms with E-state index in [1.807, 2.05) is 0 Å². The maximum absolute atomic E-state index is 5.27. The molecule has 0 aliphatic rings. The van der Waals surface area contributed by atoms with E-state index in [1.54, 1.807) is 26.4 Å². The fraction of sp³-hybridized carbons (Fsp3) is 0.182. The molecule has 3 aromatic rings. The molecule has 2 aromatic heterocycles. The third kappa shape index (κ3) is 1.82. The molecule has 8 nitrogen and oxygen atoms in total. The maximum Gasteiger partial charge on any atom is 0.223 e. The van der Waals surface area contributed by atoms with Gasteiger partial charge in [0.2, 0.25) is 5.82 Å². The Labute approximate surface area is 107 Å². The van der Waals surface area contributed by atoms with Crippen molar-refractivity contribution in [3.63, 3.8) is 0 Å². The number of aromatic amines is 1. The standard InChI is InChI=1S/C11H10N6O2/c1-18-8-3-6-7(4-9(8)19-2)12-5-13-10(6)11-14-16-17-15-11/h3-5H,1-2H3,(H,14,15,16,17). The van der Waals surface area contributed by atoms with Gasteiger partial charge in [-0.2, -0.15) is 5.21 Å². The lowest BCUT2D eigenvalue weighted by molar-refractivity contribution is 0.356. The molecule has 96 valence electrons. The van der Waals surface area contributed by atoms with E-state index in [4.69, 9.17) is 9.47 Å². The molecule has 0 aliphatic heterocycles. The summed E-state index contributed by atoms with van der Waals surface area (Å²) < 4.78 is 10.5. The van der Waals surface area contributed by atoms with Gasteiger partial charge in [0.15, 0.2) is 11.5 Å². The normalized spacial score (nSPS) is 10.6. The SMILES string of the molecule is COc1cc2ncnc(-c3nn[nH]n3)c2cc1OC. The minimum Gasteiger partial charge on any atom is -0.493 e. The highest BCUT2D eigenvalue weighted by molar-refractivity contribution is 5.92. The molecule has 2 heterocycles. The molecule has 0 bridgehead atoms. The first kappa shape index (κ1) is 11.3. The topological polar surface area (TPSA) is 98.7 Å². The lowest BCUT2D eigenvalue weighted by Crippen LogP contribution is -1.95. The van der Waals surface area contributed by atoms with Crippen LogP contribution in [0.2, 0.25) is 0 Å². The van der Waals surface area contributed by atoms with Gasteiger partial charge in [-0.05, 0) is 11.3 Å². The number of nitrogens with zero attached hydrogens (tertiary/aromatic N) is 5. The summed E-state index contributed by atoms with van der Waals surface area (Å²) >= 11 is 0. The Morgan fingerprint density at radius 1 is 1.05 bits per heavy atom. The van der Waals surface area contributed by atoms with Crippen LogP contribution in [0.5, 0.6) is 11.5 Å². The predicted molar refractivity (Wildman–Crippen MR) is 65.8 cm³/mol. The Balaban J connectivity index is 2.30. The predicted octanol–water partition coefficient (Wildman–Crippen LogP) is 0.827. The van der Waals surface area contributed by atoms with E-state index < -0.39 is 0 Å². The number of rotatable bonds is 3. The van der Waals surface area contributed by atoms with Crippen molar-refractivity contribution in [2.24, 2.45) is 0 Å². The summed E-state index contributed by atoms with van der Waals surface area (Å²) in [5, 5.41) is 14.5. The van der Waals surface area contributed by atoms with Crippen LogP contribution in [0.1, 0.15) is 0 Å². The van der Waals surface area contributed by atoms with E-state index in [0.717, 1.165) is 5.39 Å². The van der Waals surface area contributed by atoms with E-state index in [9.17, 15) is 0 Å². The fourth-order valence-corrected chi connectivity index (χ4v) is 1.82. The van der Waals surface area contributed by atoms with Gasteiger partial charge in [-0.1, -0.05) is 0 Å². The van der Waals surface area contributed by atoms with Crippen LogP contribution in [-0.2, 0) is 0 Å². The lowest BCUT2D eigenvalue weighted by atomic mass is 10.1. The van der Waals surface area contributed by atoms with Crippen LogP contribution in [0.25, 0.3) is 22.4 Å². The van der Waals surface area contributed by atoms with E-state index in [0.29, 0.717) is 28.5 Å². The summed E-state index contributed by atoms with van der Waals surface area (Å²) in [7, 11) is 3.15. The van der Waals surface area contributed by atoms with Crippen molar-refractivity contribution in [1.29, 1.82) is 0 Å². The number of methoxy groups -OCH3 is 2. The van der Waals surface area contributed by atoms with Crippen LogP contribution < -0.4 is 9.47 Å². The zero-order chi connectivity index (χ0) is 13.2. The van der Waals surface area contributed by atoms with Gasteiger partial charge in [0.25, 0.3) is 0 Å².